The molecule has 1 aliphatic rings. The number of rotatable bonds is 5. The summed E-state index contributed by atoms with van der Waals surface area (Å²) in [5.41, 5.74) is 0.0191. The van der Waals surface area contributed by atoms with E-state index in [4.69, 9.17) is 30.4 Å². The van der Waals surface area contributed by atoms with Crippen LogP contribution in [0.2, 0.25) is 5.02 Å². The fourth-order valence-electron chi connectivity index (χ4n) is 3.18. The minimum absolute atomic E-state index is 0.0259. The molecule has 0 atom stereocenters. The van der Waals surface area contributed by atoms with E-state index >= 15 is 0 Å². The van der Waals surface area contributed by atoms with Crippen LogP contribution in [0.4, 0.5) is 17.1 Å². The highest BCUT2D eigenvalue weighted by Gasteiger charge is 2.50. The molecule has 1 saturated heterocycles. The van der Waals surface area contributed by atoms with E-state index in [9.17, 15) is 13.2 Å². The van der Waals surface area contributed by atoms with Gasteiger partial charge in [0.1, 0.15) is 11.9 Å². The summed E-state index contributed by atoms with van der Waals surface area (Å²) in [5.74, 6) is -0.312. The summed E-state index contributed by atoms with van der Waals surface area (Å²) in [7, 11) is -0.612. The average molecular weight is 490 g/mol. The number of hydrogen-bond acceptors (Lipinski definition) is 4. The second-order valence-corrected chi connectivity index (χ2v) is 10.1. The monoisotopic (exact) mass is 489 g/mol. The van der Waals surface area contributed by atoms with Crippen molar-refractivity contribution >= 4 is 68.3 Å². The fraction of sp³-hybridized carbons (Fsp3) is 0.238. The Balaban J connectivity index is 2.06. The standard InChI is InChI=1S/C21H20ClN5O3S2/c1-21(2)19(28)26(14-9-10-18(23-3)17(22)12-14)20(31)27(21)15-7-6-8-16(11-15)32(29,30)24-13-25(4)5/h6-13H,1-2,4-5H3. The smallest absolute Gasteiger partial charge is 0.283 e. The molecular formula is C21H20ClN5O3S2. The van der Waals surface area contributed by atoms with Crippen molar-refractivity contribution < 1.29 is 13.2 Å². The van der Waals surface area contributed by atoms with Crippen molar-refractivity contribution in [1.29, 1.82) is 0 Å². The van der Waals surface area contributed by atoms with Gasteiger partial charge < -0.3 is 9.80 Å². The Morgan fingerprint density at radius 2 is 1.88 bits per heavy atom. The molecule has 0 unspecified atom stereocenters. The van der Waals surface area contributed by atoms with Gasteiger partial charge in [-0.2, -0.15) is 8.42 Å². The Labute approximate surface area is 197 Å². The Bertz CT molecular complexity index is 1280. The van der Waals surface area contributed by atoms with Gasteiger partial charge in [-0.25, -0.2) is 4.85 Å². The Kier molecular flexibility index (Phi) is 6.29. The molecule has 3 rings (SSSR count). The van der Waals surface area contributed by atoms with Crippen LogP contribution < -0.4 is 9.80 Å². The van der Waals surface area contributed by atoms with Gasteiger partial charge in [-0.3, -0.25) is 9.69 Å². The molecule has 11 heteroatoms. The maximum absolute atomic E-state index is 13.3. The molecule has 8 nitrogen and oxygen atoms in total. The molecule has 0 bridgehead atoms. The highest BCUT2D eigenvalue weighted by molar-refractivity contribution is 7.90. The third kappa shape index (κ3) is 4.19. The third-order valence-electron chi connectivity index (χ3n) is 4.77. The molecule has 1 aliphatic heterocycles. The second-order valence-electron chi connectivity index (χ2n) is 7.72. The van der Waals surface area contributed by atoms with Crippen molar-refractivity contribution in [2.75, 3.05) is 23.9 Å². The number of hydrogen-bond donors (Lipinski definition) is 0. The fourth-order valence-corrected chi connectivity index (χ4v) is 4.88. The van der Waals surface area contributed by atoms with Crippen molar-refractivity contribution in [1.82, 2.24) is 4.90 Å². The summed E-state index contributed by atoms with van der Waals surface area (Å²) in [6.07, 6.45) is 1.20. The van der Waals surface area contributed by atoms with Crippen molar-refractivity contribution in [2.45, 2.75) is 24.3 Å². The van der Waals surface area contributed by atoms with Crippen molar-refractivity contribution in [3.05, 3.63) is 58.9 Å². The SMILES string of the molecule is [C-]#[N+]c1ccc(N2C(=O)C(C)(C)N(c3cccc(S(=O)(=O)N=CN(C)C)c3)C2=S)cc1Cl. The first kappa shape index (κ1) is 23.7. The number of thiocarbonyl (C=S) groups is 1. The Hall–Kier alpha value is -3.00. The van der Waals surface area contributed by atoms with E-state index < -0.39 is 15.6 Å². The summed E-state index contributed by atoms with van der Waals surface area (Å²) in [6.45, 7) is 10.5. The van der Waals surface area contributed by atoms with Gasteiger partial charge >= 0.3 is 0 Å². The van der Waals surface area contributed by atoms with Gasteiger partial charge in [0.15, 0.2) is 5.11 Å². The zero-order valence-corrected chi connectivity index (χ0v) is 20.2. The normalized spacial score (nSPS) is 16.0. The summed E-state index contributed by atoms with van der Waals surface area (Å²) in [6, 6.07) is 10.7. The highest BCUT2D eigenvalue weighted by Crippen LogP contribution is 2.39. The molecule has 2 aromatic carbocycles. The van der Waals surface area contributed by atoms with Crippen LogP contribution in [-0.2, 0) is 14.8 Å². The first-order chi connectivity index (χ1) is 14.9. The first-order valence-electron chi connectivity index (χ1n) is 9.33. The molecule has 0 aliphatic carbocycles. The summed E-state index contributed by atoms with van der Waals surface area (Å²) in [5, 5.41) is 0.370. The number of sulfonamides is 1. The van der Waals surface area contributed by atoms with Crippen molar-refractivity contribution in [3.8, 4) is 0 Å². The maximum atomic E-state index is 13.3. The topological polar surface area (TPSA) is 77.6 Å². The molecule has 166 valence electrons. The molecule has 32 heavy (non-hydrogen) atoms. The molecule has 1 fully saturated rings. The van der Waals surface area contributed by atoms with Crippen LogP contribution in [0, 0.1) is 6.57 Å². The van der Waals surface area contributed by atoms with E-state index in [-0.39, 0.29) is 26.6 Å². The van der Waals surface area contributed by atoms with E-state index in [2.05, 4.69) is 9.24 Å². The van der Waals surface area contributed by atoms with Crippen molar-refractivity contribution in [3.63, 3.8) is 0 Å². The lowest BCUT2D eigenvalue weighted by molar-refractivity contribution is -0.120. The van der Waals surface area contributed by atoms with Crippen LogP contribution in [0.15, 0.2) is 51.8 Å². The third-order valence-corrected chi connectivity index (χ3v) is 6.66. The van der Waals surface area contributed by atoms with Crippen LogP contribution in [0.3, 0.4) is 0 Å². The van der Waals surface area contributed by atoms with E-state index in [0.717, 1.165) is 0 Å². The van der Waals surface area contributed by atoms with E-state index in [1.54, 1.807) is 51.0 Å². The molecule has 0 radical (unpaired) electrons. The molecule has 1 amide bonds. The van der Waals surface area contributed by atoms with Gasteiger partial charge in [-0.15, -0.1) is 4.40 Å². The van der Waals surface area contributed by atoms with Gasteiger partial charge in [0.2, 0.25) is 5.69 Å². The average Bonchev–Trinajstić information content (AvgIpc) is 2.90. The number of carbonyl (C=O) groups excluding carboxylic acids is 1. The zero-order valence-electron chi connectivity index (χ0n) is 17.8. The van der Waals surface area contributed by atoms with Crippen molar-refractivity contribution in [2.24, 2.45) is 4.40 Å². The number of halogens is 1. The van der Waals surface area contributed by atoms with Gasteiger partial charge in [0.25, 0.3) is 15.9 Å². The lowest BCUT2D eigenvalue weighted by Gasteiger charge is -2.29. The minimum atomic E-state index is -3.94. The van der Waals surface area contributed by atoms with Crippen LogP contribution in [-0.4, -0.2) is 50.3 Å². The molecule has 0 spiro atoms. The summed E-state index contributed by atoms with van der Waals surface area (Å²) < 4.78 is 28.9. The van der Waals surface area contributed by atoms with E-state index in [1.165, 1.54) is 40.4 Å². The molecule has 0 N–H and O–H groups in total. The predicted molar refractivity (Wildman–Crippen MR) is 130 cm³/mol. The molecule has 0 saturated carbocycles. The zero-order chi connectivity index (χ0) is 23.8. The minimum Gasteiger partial charge on any atom is -0.368 e. The lowest BCUT2D eigenvalue weighted by atomic mass is 10.0. The van der Waals surface area contributed by atoms with Crippen LogP contribution in [0.5, 0.6) is 0 Å². The molecular weight excluding hydrogens is 470 g/mol. The van der Waals surface area contributed by atoms with Crippen LogP contribution in [0.1, 0.15) is 13.8 Å². The maximum Gasteiger partial charge on any atom is 0.283 e. The largest absolute Gasteiger partial charge is 0.368 e. The highest BCUT2D eigenvalue weighted by atomic mass is 35.5. The predicted octanol–water partition coefficient (Wildman–Crippen LogP) is 4.09. The number of nitrogens with zero attached hydrogens (tertiary/aromatic N) is 5. The number of benzene rings is 2. The van der Waals surface area contributed by atoms with E-state index in [0.29, 0.717) is 11.4 Å². The van der Waals surface area contributed by atoms with Gasteiger partial charge in [-0.05, 0) is 56.4 Å². The quantitative estimate of drug-likeness (QED) is 0.272. The Morgan fingerprint density at radius 1 is 1.19 bits per heavy atom. The summed E-state index contributed by atoms with van der Waals surface area (Å²) >= 11 is 11.8. The first-order valence-corrected chi connectivity index (χ1v) is 11.6. The second kappa shape index (κ2) is 8.50. The Morgan fingerprint density at radius 3 is 2.47 bits per heavy atom. The van der Waals surface area contributed by atoms with E-state index in [1.807, 2.05) is 0 Å². The lowest BCUT2D eigenvalue weighted by Crippen LogP contribution is -2.44. The molecule has 1 heterocycles. The summed E-state index contributed by atoms with van der Waals surface area (Å²) in [4.78, 5) is 21.0. The van der Waals surface area contributed by atoms with Crippen LogP contribution in [0.25, 0.3) is 4.85 Å². The van der Waals surface area contributed by atoms with Gasteiger partial charge in [0.05, 0.1) is 17.2 Å². The number of amides is 1. The molecule has 0 aromatic heterocycles. The number of carbonyl (C=O) groups is 1. The van der Waals surface area contributed by atoms with Crippen LogP contribution >= 0.6 is 23.8 Å². The molecule has 2 aromatic rings. The van der Waals surface area contributed by atoms with Gasteiger partial charge in [0, 0.05) is 24.8 Å². The number of anilines is 2. The van der Waals surface area contributed by atoms with Gasteiger partial charge in [-0.1, -0.05) is 23.7 Å².